The van der Waals surface area contributed by atoms with Crippen LogP contribution in [0.3, 0.4) is 0 Å². The van der Waals surface area contributed by atoms with E-state index in [-0.39, 0.29) is 5.75 Å². The summed E-state index contributed by atoms with van der Waals surface area (Å²) < 4.78 is 11.1. The Morgan fingerprint density at radius 1 is 1.46 bits per heavy atom. The van der Waals surface area contributed by atoms with Crippen molar-refractivity contribution in [2.24, 2.45) is 11.0 Å². The highest BCUT2D eigenvalue weighted by Crippen LogP contribution is 2.49. The Bertz CT molecular complexity index is 364. The fourth-order valence-electron chi connectivity index (χ4n) is 0.890. The second-order valence-corrected chi connectivity index (χ2v) is 6.86. The molecule has 1 rings (SSSR count). The Hall–Kier alpha value is -0.480. The number of phenols is 1. The molecule has 0 radical (unpaired) electrons. The predicted molar refractivity (Wildman–Crippen MR) is 54.7 cm³/mol. The molecule has 0 aliphatic carbocycles. The van der Waals surface area contributed by atoms with Crippen molar-refractivity contribution in [3.05, 3.63) is 23.8 Å². The molecule has 0 aromatic heterocycles. The zero-order valence-electron chi connectivity index (χ0n) is 7.10. The summed E-state index contributed by atoms with van der Waals surface area (Å²) in [6, 6.07) is 4.71. The number of benzene rings is 1. The average molecular weight is 218 g/mol. The molecule has 0 aliphatic heterocycles. The smallest absolute Gasteiger partial charge is 0.265 e. The van der Waals surface area contributed by atoms with Crippen molar-refractivity contribution in [3.63, 3.8) is 0 Å². The predicted octanol–water partition coefficient (Wildman–Crippen LogP) is 1.82. The number of rotatable bonds is 2. The van der Waals surface area contributed by atoms with Gasteiger partial charge in [-0.25, -0.2) is 0 Å². The molecule has 0 fully saturated rings. The second-order valence-electron chi connectivity index (χ2n) is 2.69. The number of aryl methyl sites for hydroxylation is 1. The van der Waals surface area contributed by atoms with E-state index in [9.17, 15) is 4.57 Å². The van der Waals surface area contributed by atoms with E-state index in [0.29, 0.717) is 0 Å². The molecule has 0 spiro atoms. The summed E-state index contributed by atoms with van der Waals surface area (Å²) >= 11 is 0.936. The van der Waals surface area contributed by atoms with E-state index in [1.165, 1.54) is 6.07 Å². The highest BCUT2D eigenvalue weighted by Gasteiger charge is 2.12. The number of hydrogen-bond donors (Lipinski definition) is 3. The summed E-state index contributed by atoms with van der Waals surface area (Å²) in [6.07, 6.45) is 0. The second kappa shape index (κ2) is 3.72. The van der Waals surface area contributed by atoms with Crippen molar-refractivity contribution in [2.75, 3.05) is 0 Å². The van der Waals surface area contributed by atoms with E-state index in [4.69, 9.17) is 16.1 Å². The van der Waals surface area contributed by atoms with Crippen LogP contribution in [0.5, 0.6) is 5.75 Å². The van der Waals surface area contributed by atoms with Gasteiger partial charge in [0.1, 0.15) is 5.75 Å². The van der Waals surface area contributed by atoms with Gasteiger partial charge in [0.2, 0.25) is 0 Å². The van der Waals surface area contributed by atoms with Crippen molar-refractivity contribution in [1.82, 2.24) is 0 Å². The van der Waals surface area contributed by atoms with Gasteiger partial charge in [0, 0.05) is 4.90 Å². The Morgan fingerprint density at radius 3 is 2.54 bits per heavy atom. The summed E-state index contributed by atoms with van der Waals surface area (Å²) in [4.78, 5) is 0.728. The van der Waals surface area contributed by atoms with E-state index in [2.05, 4.69) is 0 Å². The molecule has 0 saturated carbocycles. The first-order valence-electron chi connectivity index (χ1n) is 3.55. The van der Waals surface area contributed by atoms with Crippen molar-refractivity contribution < 1.29 is 9.67 Å². The zero-order chi connectivity index (χ0) is 10.1. The SMILES string of the molecule is Cc1cc(O)ccc1SP(N)(N)=O. The first kappa shape index (κ1) is 10.6. The molecule has 0 unspecified atom stereocenters. The third-order valence-corrected chi connectivity index (χ3v) is 3.79. The monoisotopic (exact) mass is 218 g/mol. The molecule has 5 N–H and O–H groups in total. The molecule has 13 heavy (non-hydrogen) atoms. The van der Waals surface area contributed by atoms with Gasteiger partial charge in [-0.3, -0.25) is 15.6 Å². The van der Waals surface area contributed by atoms with Gasteiger partial charge in [-0.05, 0) is 42.1 Å². The van der Waals surface area contributed by atoms with E-state index in [1.54, 1.807) is 19.1 Å². The first-order valence-corrected chi connectivity index (χ1v) is 6.81. The van der Waals surface area contributed by atoms with E-state index >= 15 is 0 Å². The lowest BCUT2D eigenvalue weighted by Gasteiger charge is -2.08. The van der Waals surface area contributed by atoms with Crippen LogP contribution >= 0.6 is 18.0 Å². The van der Waals surface area contributed by atoms with Crippen molar-refractivity contribution in [1.29, 1.82) is 0 Å². The Balaban J connectivity index is 2.97. The van der Waals surface area contributed by atoms with E-state index in [0.717, 1.165) is 21.8 Å². The minimum absolute atomic E-state index is 0.172. The first-order chi connectivity index (χ1) is 5.88. The van der Waals surface area contributed by atoms with Crippen molar-refractivity contribution in [3.8, 4) is 5.75 Å². The van der Waals surface area contributed by atoms with Crippen molar-refractivity contribution >= 4 is 18.0 Å². The van der Waals surface area contributed by atoms with Crippen LogP contribution in [-0.4, -0.2) is 5.11 Å². The van der Waals surface area contributed by atoms with Gasteiger partial charge in [-0.15, -0.1) is 0 Å². The van der Waals surface area contributed by atoms with Crippen LogP contribution in [0.25, 0.3) is 0 Å². The minimum Gasteiger partial charge on any atom is -0.508 e. The molecule has 0 bridgehead atoms. The van der Waals surface area contributed by atoms with Gasteiger partial charge >= 0.3 is 0 Å². The topological polar surface area (TPSA) is 89.3 Å². The molecular weight excluding hydrogens is 207 g/mol. The van der Waals surface area contributed by atoms with Gasteiger partial charge < -0.3 is 5.11 Å². The maximum atomic E-state index is 11.1. The molecule has 0 saturated heterocycles. The maximum absolute atomic E-state index is 11.1. The van der Waals surface area contributed by atoms with Gasteiger partial charge in [0.05, 0.1) is 0 Å². The Kier molecular flexibility index (Phi) is 3.03. The van der Waals surface area contributed by atoms with Crippen LogP contribution in [0.2, 0.25) is 0 Å². The van der Waals surface area contributed by atoms with Crippen LogP contribution in [0.4, 0.5) is 0 Å². The number of aromatic hydroxyl groups is 1. The number of hydrogen-bond acceptors (Lipinski definition) is 3. The van der Waals surface area contributed by atoms with Gasteiger partial charge in [-0.2, -0.15) is 0 Å². The van der Waals surface area contributed by atoms with Crippen molar-refractivity contribution in [2.45, 2.75) is 11.8 Å². The fraction of sp³-hybridized carbons (Fsp3) is 0.143. The third-order valence-electron chi connectivity index (χ3n) is 1.40. The molecule has 4 nitrogen and oxygen atoms in total. The van der Waals surface area contributed by atoms with E-state index in [1.807, 2.05) is 0 Å². The van der Waals surface area contributed by atoms with E-state index < -0.39 is 6.65 Å². The van der Waals surface area contributed by atoms with Crippen LogP contribution in [-0.2, 0) is 4.57 Å². The normalized spacial score (nSPS) is 11.6. The molecule has 1 aromatic rings. The summed E-state index contributed by atoms with van der Waals surface area (Å²) in [5.74, 6) is 0.172. The molecule has 72 valence electrons. The van der Waals surface area contributed by atoms with Crippen LogP contribution in [0.1, 0.15) is 5.56 Å². The highest BCUT2D eigenvalue weighted by molar-refractivity contribution is 8.56. The van der Waals surface area contributed by atoms with Gasteiger partial charge in [-0.1, -0.05) is 0 Å². The number of phenolic OH excluding ortho intramolecular Hbond substituents is 1. The largest absolute Gasteiger partial charge is 0.508 e. The molecule has 1 aromatic carbocycles. The number of nitrogens with two attached hydrogens (primary N) is 2. The summed E-state index contributed by atoms with van der Waals surface area (Å²) in [6.45, 7) is -1.31. The molecule has 0 amide bonds. The highest BCUT2D eigenvalue weighted by atomic mass is 32.7. The quantitative estimate of drug-likeness (QED) is 0.659. The standard InChI is InChI=1S/C7H11N2O2PS/c1-5-4-6(10)2-3-7(5)13-12(8,9)11/h2-4,10H,1H3,(H4,8,9,11). The summed E-state index contributed by atoms with van der Waals surface area (Å²) in [5, 5.41) is 9.10. The average Bonchev–Trinajstić information content (AvgIpc) is 1.93. The third kappa shape index (κ3) is 3.40. The lowest BCUT2D eigenvalue weighted by Crippen LogP contribution is -1.99. The fourth-order valence-corrected chi connectivity index (χ4v) is 3.07. The molecule has 6 heteroatoms. The Labute approximate surface area is 80.5 Å². The molecule has 0 aliphatic rings. The zero-order valence-corrected chi connectivity index (χ0v) is 8.81. The minimum atomic E-state index is -3.09. The van der Waals surface area contributed by atoms with Crippen LogP contribution in [0, 0.1) is 6.92 Å². The summed E-state index contributed by atoms with van der Waals surface area (Å²) in [7, 11) is 0. The Morgan fingerprint density at radius 2 is 2.08 bits per heavy atom. The lowest BCUT2D eigenvalue weighted by atomic mass is 10.2. The maximum Gasteiger partial charge on any atom is 0.265 e. The van der Waals surface area contributed by atoms with Gasteiger partial charge in [0.15, 0.2) is 0 Å². The van der Waals surface area contributed by atoms with Crippen LogP contribution < -0.4 is 11.0 Å². The molecule has 0 heterocycles. The van der Waals surface area contributed by atoms with Crippen LogP contribution in [0.15, 0.2) is 23.1 Å². The molecular formula is C7H11N2O2PS. The lowest BCUT2D eigenvalue weighted by molar-refractivity contribution is 0.474. The molecule has 0 atom stereocenters. The summed E-state index contributed by atoms with van der Waals surface area (Å²) in [5.41, 5.74) is 11.2. The van der Waals surface area contributed by atoms with Gasteiger partial charge in [0.25, 0.3) is 6.65 Å².